The van der Waals surface area contributed by atoms with Crippen molar-refractivity contribution in [2.75, 3.05) is 17.5 Å². The number of carbonyl (C=O) groups is 1. The molecule has 4 aromatic rings. The van der Waals surface area contributed by atoms with E-state index in [2.05, 4.69) is 15.2 Å². The number of aromatic nitrogens is 1. The molecule has 0 aliphatic carbocycles. The van der Waals surface area contributed by atoms with Crippen LogP contribution in [0.1, 0.15) is 6.92 Å². The zero-order chi connectivity index (χ0) is 25.0. The van der Waals surface area contributed by atoms with Crippen molar-refractivity contribution in [3.63, 3.8) is 0 Å². The van der Waals surface area contributed by atoms with Gasteiger partial charge in [0.05, 0.1) is 22.7 Å². The Morgan fingerprint density at radius 1 is 1.06 bits per heavy atom. The van der Waals surface area contributed by atoms with E-state index in [-0.39, 0.29) is 22.2 Å². The number of nitrogens with one attached hydrogen (secondary N) is 1. The number of rotatable bonds is 8. The molecule has 11 heteroatoms. The molecular weight excluding hydrogens is 492 g/mol. The average Bonchev–Trinajstić information content (AvgIpc) is 3.17. The number of azo groups is 1. The van der Waals surface area contributed by atoms with Crippen LogP contribution in [0, 0.1) is 0 Å². The number of benzene rings is 3. The maximum atomic E-state index is 13.5. The Labute approximate surface area is 206 Å². The van der Waals surface area contributed by atoms with Gasteiger partial charge in [0.15, 0.2) is 5.69 Å². The summed E-state index contributed by atoms with van der Waals surface area (Å²) < 4.78 is 33.2. The van der Waals surface area contributed by atoms with Gasteiger partial charge in [-0.1, -0.05) is 29.8 Å². The number of H-pyrrole nitrogens is 1. The first-order valence-electron chi connectivity index (χ1n) is 10.5. The Hall–Kier alpha value is -3.89. The summed E-state index contributed by atoms with van der Waals surface area (Å²) in [5.41, 5.74) is 0.926. The normalized spacial score (nSPS) is 11.7. The molecular formula is C24H21ClN4O5S. The molecule has 1 heterocycles. The number of fused-ring (bicyclic) bond motifs is 1. The van der Waals surface area contributed by atoms with Crippen LogP contribution in [0.25, 0.3) is 10.9 Å². The summed E-state index contributed by atoms with van der Waals surface area (Å²) in [5, 5.41) is 18.6. The zero-order valence-corrected chi connectivity index (χ0v) is 20.1. The van der Waals surface area contributed by atoms with Crippen molar-refractivity contribution >= 4 is 49.8 Å². The molecule has 0 aliphatic heterocycles. The maximum absolute atomic E-state index is 13.5. The van der Waals surface area contributed by atoms with Crippen molar-refractivity contribution in [1.29, 1.82) is 0 Å². The molecule has 3 aromatic carbocycles. The maximum Gasteiger partial charge on any atom is 0.285 e. The van der Waals surface area contributed by atoms with Crippen LogP contribution in [-0.4, -0.2) is 37.6 Å². The minimum atomic E-state index is -4.15. The number of aromatic hydroxyl groups is 1. The molecule has 1 aromatic heterocycles. The third kappa shape index (κ3) is 5.28. The summed E-state index contributed by atoms with van der Waals surface area (Å²) in [7, 11) is -4.15. The first-order valence-corrected chi connectivity index (χ1v) is 12.4. The molecule has 0 saturated heterocycles. The lowest BCUT2D eigenvalue weighted by molar-refractivity contribution is -0.116. The van der Waals surface area contributed by atoms with Gasteiger partial charge in [-0.3, -0.25) is 9.10 Å². The van der Waals surface area contributed by atoms with Gasteiger partial charge in [0, 0.05) is 10.4 Å². The minimum Gasteiger partial charge on any atom is -0.494 e. The Morgan fingerprint density at radius 3 is 2.43 bits per heavy atom. The summed E-state index contributed by atoms with van der Waals surface area (Å²) in [4.78, 5) is 15.5. The quantitative estimate of drug-likeness (QED) is 0.304. The van der Waals surface area contributed by atoms with Crippen LogP contribution < -0.4 is 9.04 Å². The van der Waals surface area contributed by atoms with Crippen LogP contribution in [-0.2, 0) is 14.8 Å². The van der Waals surface area contributed by atoms with Crippen molar-refractivity contribution in [3.8, 4) is 11.6 Å². The molecule has 0 aliphatic rings. The Morgan fingerprint density at radius 2 is 1.74 bits per heavy atom. The van der Waals surface area contributed by atoms with Gasteiger partial charge in [0.2, 0.25) is 5.88 Å². The first kappa shape index (κ1) is 24.2. The van der Waals surface area contributed by atoms with Crippen molar-refractivity contribution < 1.29 is 23.1 Å². The molecule has 0 fully saturated rings. The highest BCUT2D eigenvalue weighted by Crippen LogP contribution is 2.35. The van der Waals surface area contributed by atoms with Crippen molar-refractivity contribution in [1.82, 2.24) is 4.98 Å². The van der Waals surface area contributed by atoms with Gasteiger partial charge in [-0.25, -0.2) is 8.42 Å². The van der Waals surface area contributed by atoms with E-state index in [1.54, 1.807) is 24.3 Å². The van der Waals surface area contributed by atoms with Gasteiger partial charge in [-0.15, -0.1) is 10.2 Å². The number of hydrogen-bond acceptors (Lipinski definition) is 6. The molecule has 9 nitrogen and oxygen atoms in total. The van der Waals surface area contributed by atoms with E-state index in [1.165, 1.54) is 48.5 Å². The number of ether oxygens (including phenoxy) is 1. The SMILES string of the molecule is CCOc1ccc(S(=O)(=O)N(CC(=O)N=Nc2c(O)[nH]c3ccccc23)c2ccc(Cl)cc2)cc1. The van der Waals surface area contributed by atoms with Crippen LogP contribution >= 0.6 is 11.6 Å². The number of hydrogen-bond donors (Lipinski definition) is 2. The van der Waals surface area contributed by atoms with E-state index < -0.39 is 22.5 Å². The van der Waals surface area contributed by atoms with Crippen LogP contribution in [0.2, 0.25) is 5.02 Å². The van der Waals surface area contributed by atoms with Gasteiger partial charge in [-0.05, 0) is 61.5 Å². The fraction of sp³-hybridized carbons (Fsp3) is 0.125. The second kappa shape index (κ2) is 10.2. The van der Waals surface area contributed by atoms with Crippen LogP contribution in [0.4, 0.5) is 11.4 Å². The van der Waals surface area contributed by atoms with E-state index in [4.69, 9.17) is 16.3 Å². The summed E-state index contributed by atoms with van der Waals surface area (Å²) in [6.07, 6.45) is 0. The second-order valence-electron chi connectivity index (χ2n) is 7.35. The van der Waals surface area contributed by atoms with Gasteiger partial charge in [0.1, 0.15) is 12.3 Å². The number of para-hydroxylation sites is 1. The predicted molar refractivity (Wildman–Crippen MR) is 133 cm³/mol. The van der Waals surface area contributed by atoms with E-state index in [9.17, 15) is 18.3 Å². The fourth-order valence-corrected chi connectivity index (χ4v) is 4.94. The van der Waals surface area contributed by atoms with Crippen molar-refractivity contribution in [2.45, 2.75) is 11.8 Å². The number of anilines is 1. The Kier molecular flexibility index (Phi) is 7.04. The van der Waals surface area contributed by atoms with E-state index >= 15 is 0 Å². The van der Waals surface area contributed by atoms with Gasteiger partial charge in [-0.2, -0.15) is 0 Å². The smallest absolute Gasteiger partial charge is 0.285 e. The highest BCUT2D eigenvalue weighted by atomic mass is 35.5. The summed E-state index contributed by atoms with van der Waals surface area (Å²) in [6.45, 7) is 1.64. The molecule has 0 bridgehead atoms. The molecule has 0 unspecified atom stereocenters. The predicted octanol–water partition coefficient (Wildman–Crippen LogP) is 5.43. The lowest BCUT2D eigenvalue weighted by Crippen LogP contribution is -2.35. The number of sulfonamides is 1. The lowest BCUT2D eigenvalue weighted by atomic mass is 10.2. The van der Waals surface area contributed by atoms with E-state index in [0.717, 1.165) is 4.31 Å². The summed E-state index contributed by atoms with van der Waals surface area (Å²) in [6, 6.07) is 18.9. The molecule has 4 rings (SSSR count). The monoisotopic (exact) mass is 512 g/mol. The lowest BCUT2D eigenvalue weighted by Gasteiger charge is -2.23. The first-order chi connectivity index (χ1) is 16.8. The molecule has 0 spiro atoms. The number of carbonyl (C=O) groups excluding carboxylic acids is 1. The Bertz CT molecular complexity index is 1480. The molecule has 0 atom stereocenters. The fourth-order valence-electron chi connectivity index (χ4n) is 3.40. The number of amides is 1. The van der Waals surface area contributed by atoms with Crippen LogP contribution in [0.3, 0.4) is 0 Å². The third-order valence-corrected chi connectivity index (χ3v) is 7.08. The number of nitrogens with zero attached hydrogens (tertiary/aromatic N) is 3. The van der Waals surface area contributed by atoms with Gasteiger partial charge >= 0.3 is 0 Å². The molecule has 2 N–H and O–H groups in total. The Balaban J connectivity index is 1.65. The highest BCUT2D eigenvalue weighted by Gasteiger charge is 2.27. The zero-order valence-electron chi connectivity index (χ0n) is 18.6. The van der Waals surface area contributed by atoms with Gasteiger partial charge in [0.25, 0.3) is 15.9 Å². The standard InChI is InChI=1S/C24H21ClN4O5S/c1-2-34-18-11-13-19(14-12-18)35(32,33)29(17-9-7-16(25)8-10-17)15-22(30)27-28-23-20-5-3-4-6-21(20)26-24(23)31/h3-14,26,31H,2,15H2,1H3. The highest BCUT2D eigenvalue weighted by molar-refractivity contribution is 7.92. The number of halogens is 1. The average molecular weight is 513 g/mol. The minimum absolute atomic E-state index is 0.0325. The largest absolute Gasteiger partial charge is 0.494 e. The van der Waals surface area contributed by atoms with Gasteiger partial charge < -0.3 is 14.8 Å². The molecule has 1 amide bonds. The topological polar surface area (TPSA) is 124 Å². The van der Waals surface area contributed by atoms with E-state index in [0.29, 0.717) is 28.3 Å². The van der Waals surface area contributed by atoms with E-state index in [1.807, 2.05) is 6.92 Å². The summed E-state index contributed by atoms with van der Waals surface area (Å²) >= 11 is 5.96. The summed E-state index contributed by atoms with van der Waals surface area (Å²) in [5.74, 6) is -0.564. The molecule has 0 saturated carbocycles. The second-order valence-corrected chi connectivity index (χ2v) is 9.65. The van der Waals surface area contributed by atoms with Crippen molar-refractivity contribution in [3.05, 3.63) is 77.8 Å². The van der Waals surface area contributed by atoms with Crippen LogP contribution in [0.15, 0.2) is 87.9 Å². The van der Waals surface area contributed by atoms with Crippen molar-refractivity contribution in [2.24, 2.45) is 10.2 Å². The molecule has 180 valence electrons. The molecule has 0 radical (unpaired) electrons. The number of aromatic amines is 1. The molecule has 35 heavy (non-hydrogen) atoms. The third-order valence-electron chi connectivity index (χ3n) is 5.04. The van der Waals surface area contributed by atoms with Crippen LogP contribution in [0.5, 0.6) is 11.6 Å².